The lowest BCUT2D eigenvalue weighted by Crippen LogP contribution is -2.33. The van der Waals surface area contributed by atoms with Crippen LogP contribution in [0.15, 0.2) is 24.3 Å². The van der Waals surface area contributed by atoms with Crippen molar-refractivity contribution in [2.24, 2.45) is 0 Å². The normalized spacial score (nSPS) is 12.7. The van der Waals surface area contributed by atoms with E-state index in [-0.39, 0.29) is 18.4 Å². The third-order valence-corrected chi connectivity index (χ3v) is 4.19. The maximum absolute atomic E-state index is 12.0. The highest BCUT2D eigenvalue weighted by atomic mass is 35.5. The highest BCUT2D eigenvalue weighted by Crippen LogP contribution is 2.31. The van der Waals surface area contributed by atoms with Gasteiger partial charge in [0.15, 0.2) is 0 Å². The van der Waals surface area contributed by atoms with Gasteiger partial charge in [-0.25, -0.2) is 0 Å². The second kappa shape index (κ2) is 7.53. The topological polar surface area (TPSA) is 9.23 Å². The van der Waals surface area contributed by atoms with Gasteiger partial charge in [-0.3, -0.25) is 0 Å². The molecule has 0 amide bonds. The Hall–Kier alpha value is -0.450. The van der Waals surface area contributed by atoms with E-state index < -0.39 is 18.2 Å². The van der Waals surface area contributed by atoms with Crippen molar-refractivity contribution in [2.75, 3.05) is 25.0 Å². The molecule has 0 spiro atoms. The molecule has 1 aromatic carbocycles. The maximum atomic E-state index is 12.0. The van der Waals surface area contributed by atoms with Crippen molar-refractivity contribution < 1.29 is 17.9 Å². The summed E-state index contributed by atoms with van der Waals surface area (Å²) in [6.07, 6.45) is -3.96. The Morgan fingerprint density at radius 3 is 2.05 bits per heavy atom. The first-order valence-electron chi connectivity index (χ1n) is 6.16. The van der Waals surface area contributed by atoms with E-state index in [1.807, 2.05) is 31.2 Å². The van der Waals surface area contributed by atoms with Gasteiger partial charge in [0.2, 0.25) is 0 Å². The van der Waals surface area contributed by atoms with Crippen LogP contribution >= 0.6 is 23.2 Å². The quantitative estimate of drug-likeness (QED) is 0.521. The van der Waals surface area contributed by atoms with Crippen molar-refractivity contribution in [3.63, 3.8) is 0 Å². The molecule has 6 heteroatoms. The van der Waals surface area contributed by atoms with E-state index in [1.54, 1.807) is 0 Å². The number of hydrogen-bond donors (Lipinski definition) is 0. The summed E-state index contributed by atoms with van der Waals surface area (Å²) in [7, 11) is 0. The van der Waals surface area contributed by atoms with Crippen LogP contribution in [0.5, 0.6) is 0 Å². The third kappa shape index (κ3) is 5.15. The van der Waals surface area contributed by atoms with Gasteiger partial charge in [0, 0.05) is 23.8 Å². The van der Waals surface area contributed by atoms with Crippen LogP contribution in [-0.2, 0) is 10.2 Å². The van der Waals surface area contributed by atoms with Gasteiger partial charge in [0.25, 0.3) is 0 Å². The van der Waals surface area contributed by atoms with Crippen molar-refractivity contribution in [3.8, 4) is 0 Å². The average Bonchev–Trinajstić information content (AvgIpc) is 2.40. The summed E-state index contributed by atoms with van der Waals surface area (Å²) >= 11 is 12.0. The highest BCUT2D eigenvalue weighted by molar-refractivity contribution is 6.22. The zero-order valence-electron chi connectivity index (χ0n) is 11.1. The molecule has 1 nitrogen and oxygen atoms in total. The number of rotatable bonds is 7. The number of alkyl halides is 5. The summed E-state index contributed by atoms with van der Waals surface area (Å²) in [5.74, 6) is 0.462. The number of benzene rings is 1. The van der Waals surface area contributed by atoms with Gasteiger partial charge >= 0.3 is 6.18 Å². The van der Waals surface area contributed by atoms with Crippen LogP contribution in [0.3, 0.4) is 0 Å². The Kier molecular flexibility index (Phi) is 6.62. The molecule has 20 heavy (non-hydrogen) atoms. The van der Waals surface area contributed by atoms with Crippen LogP contribution in [0.1, 0.15) is 17.5 Å². The summed E-state index contributed by atoms with van der Waals surface area (Å²) in [4.78, 5) is 0. The van der Waals surface area contributed by atoms with Crippen molar-refractivity contribution in [1.82, 2.24) is 0 Å². The Balaban J connectivity index is 2.69. The number of ether oxygens (including phenoxy) is 1. The monoisotopic (exact) mass is 328 g/mol. The van der Waals surface area contributed by atoms with E-state index in [9.17, 15) is 13.2 Å². The first-order chi connectivity index (χ1) is 9.33. The van der Waals surface area contributed by atoms with Crippen molar-refractivity contribution in [2.45, 2.75) is 24.9 Å². The maximum Gasteiger partial charge on any atom is 0.411 e. The van der Waals surface area contributed by atoms with Gasteiger partial charge in [-0.15, -0.1) is 23.2 Å². The molecule has 0 fully saturated rings. The molecule has 0 aliphatic rings. The molecular formula is C14H17Cl2F3O. The lowest BCUT2D eigenvalue weighted by Gasteiger charge is -2.30. The molecule has 0 unspecified atom stereocenters. The van der Waals surface area contributed by atoms with Crippen LogP contribution in [0.2, 0.25) is 0 Å². The second-order valence-electron chi connectivity index (χ2n) is 4.83. The standard InChI is InChI=1S/C14H17Cl2F3O/c1-11-2-4-12(5-3-11)13(8-15,9-16)6-7-20-10-14(17,18)19/h2-5H,6-10H2,1H3. The molecule has 1 aromatic rings. The van der Waals surface area contributed by atoms with Gasteiger partial charge in [-0.1, -0.05) is 29.8 Å². The van der Waals surface area contributed by atoms with Crippen LogP contribution < -0.4 is 0 Å². The highest BCUT2D eigenvalue weighted by Gasteiger charge is 2.32. The minimum Gasteiger partial charge on any atom is -0.372 e. The molecule has 0 aliphatic heterocycles. The molecule has 0 saturated carbocycles. The molecule has 0 heterocycles. The molecule has 0 atom stereocenters. The average molecular weight is 329 g/mol. The van der Waals surface area contributed by atoms with Crippen molar-refractivity contribution in [3.05, 3.63) is 35.4 Å². The lowest BCUT2D eigenvalue weighted by molar-refractivity contribution is -0.174. The molecule has 0 bridgehead atoms. The van der Waals surface area contributed by atoms with Gasteiger partial charge < -0.3 is 4.74 Å². The largest absolute Gasteiger partial charge is 0.411 e. The molecule has 114 valence electrons. The minimum absolute atomic E-state index is 0.0349. The Bertz CT molecular complexity index is 400. The van der Waals surface area contributed by atoms with E-state index in [0.29, 0.717) is 6.42 Å². The molecule has 1 rings (SSSR count). The molecular weight excluding hydrogens is 312 g/mol. The number of halogens is 5. The van der Waals surface area contributed by atoms with Crippen LogP contribution in [0.25, 0.3) is 0 Å². The molecule has 0 N–H and O–H groups in total. The SMILES string of the molecule is Cc1ccc(C(CCl)(CCl)CCOCC(F)(F)F)cc1. The Labute approximate surface area is 127 Å². The number of aryl methyl sites for hydroxylation is 1. The first-order valence-corrected chi connectivity index (χ1v) is 7.23. The first kappa shape index (κ1) is 17.6. The fourth-order valence-electron chi connectivity index (χ4n) is 1.83. The van der Waals surface area contributed by atoms with Gasteiger partial charge in [-0.05, 0) is 18.9 Å². The van der Waals surface area contributed by atoms with E-state index in [0.717, 1.165) is 11.1 Å². The third-order valence-electron chi connectivity index (χ3n) is 3.17. The molecule has 0 aliphatic carbocycles. The van der Waals surface area contributed by atoms with Gasteiger partial charge in [0.1, 0.15) is 6.61 Å². The smallest absolute Gasteiger partial charge is 0.372 e. The predicted molar refractivity (Wildman–Crippen MR) is 75.8 cm³/mol. The fourth-order valence-corrected chi connectivity index (χ4v) is 2.69. The summed E-state index contributed by atoms with van der Waals surface area (Å²) < 4.78 is 40.7. The summed E-state index contributed by atoms with van der Waals surface area (Å²) in [6, 6.07) is 7.67. The van der Waals surface area contributed by atoms with E-state index in [1.165, 1.54) is 0 Å². The van der Waals surface area contributed by atoms with Crippen LogP contribution in [0, 0.1) is 6.92 Å². The molecule has 0 saturated heterocycles. The lowest BCUT2D eigenvalue weighted by atomic mass is 9.81. The van der Waals surface area contributed by atoms with E-state index in [4.69, 9.17) is 23.2 Å². The number of hydrogen-bond acceptors (Lipinski definition) is 1. The Morgan fingerprint density at radius 1 is 1.05 bits per heavy atom. The zero-order valence-corrected chi connectivity index (χ0v) is 12.7. The predicted octanol–water partition coefficient (Wildman–Crippen LogP) is 4.68. The van der Waals surface area contributed by atoms with Crippen molar-refractivity contribution in [1.29, 1.82) is 0 Å². The molecule has 0 radical (unpaired) electrons. The zero-order chi connectivity index (χ0) is 15.2. The summed E-state index contributed by atoms with van der Waals surface area (Å²) in [5, 5.41) is 0. The Morgan fingerprint density at radius 2 is 1.60 bits per heavy atom. The molecule has 0 aromatic heterocycles. The van der Waals surface area contributed by atoms with Gasteiger partial charge in [-0.2, -0.15) is 13.2 Å². The van der Waals surface area contributed by atoms with Crippen LogP contribution in [-0.4, -0.2) is 31.2 Å². The summed E-state index contributed by atoms with van der Waals surface area (Å²) in [5.41, 5.74) is 1.45. The minimum atomic E-state index is -4.31. The van der Waals surface area contributed by atoms with Gasteiger partial charge in [0.05, 0.1) is 0 Å². The van der Waals surface area contributed by atoms with Crippen LogP contribution in [0.4, 0.5) is 13.2 Å². The van der Waals surface area contributed by atoms with Crippen molar-refractivity contribution >= 4 is 23.2 Å². The van der Waals surface area contributed by atoms with E-state index in [2.05, 4.69) is 4.74 Å². The summed E-state index contributed by atoms with van der Waals surface area (Å²) in [6.45, 7) is 0.674. The second-order valence-corrected chi connectivity index (χ2v) is 5.37. The fraction of sp³-hybridized carbons (Fsp3) is 0.571. The van der Waals surface area contributed by atoms with E-state index >= 15 is 0 Å².